The molecule has 6 nitrogen and oxygen atoms in total. The summed E-state index contributed by atoms with van der Waals surface area (Å²) < 4.78 is 19.7. The Hall–Kier alpha value is -2.97. The average Bonchev–Trinajstić information content (AvgIpc) is 3.14. The van der Waals surface area contributed by atoms with Crippen molar-refractivity contribution in [1.29, 1.82) is 5.41 Å². The van der Waals surface area contributed by atoms with Gasteiger partial charge in [-0.25, -0.2) is 4.39 Å². The van der Waals surface area contributed by atoms with Crippen molar-refractivity contribution in [2.75, 3.05) is 0 Å². The lowest BCUT2D eigenvalue weighted by Gasteiger charge is -2.20. The number of aliphatic imine (C=N–C) groups is 1. The first-order chi connectivity index (χ1) is 15.0. The van der Waals surface area contributed by atoms with Crippen LogP contribution in [-0.4, -0.2) is 27.0 Å². The monoisotopic (exact) mass is 456 g/mol. The molecule has 1 amide bonds. The third-order valence-electron chi connectivity index (χ3n) is 4.57. The largest absolute Gasteiger partial charge is 0.488 e. The van der Waals surface area contributed by atoms with E-state index in [1.54, 1.807) is 36.4 Å². The first kappa shape index (κ1) is 21.3. The van der Waals surface area contributed by atoms with E-state index in [1.165, 1.54) is 28.9 Å². The summed E-state index contributed by atoms with van der Waals surface area (Å²) in [4.78, 5) is 16.7. The second-order valence-corrected chi connectivity index (χ2v) is 8.30. The topological polar surface area (TPSA) is 78.1 Å². The first-order valence-corrected chi connectivity index (χ1v) is 10.8. The van der Waals surface area contributed by atoms with E-state index in [1.807, 2.05) is 6.92 Å². The van der Waals surface area contributed by atoms with E-state index < -0.39 is 5.91 Å². The van der Waals surface area contributed by atoms with Crippen LogP contribution >= 0.6 is 23.4 Å². The van der Waals surface area contributed by atoms with Gasteiger partial charge in [-0.2, -0.15) is 15.1 Å². The number of thioether (sulfide) groups is 1. The molecule has 0 saturated heterocycles. The molecule has 0 radical (unpaired) electrons. The zero-order valence-corrected chi connectivity index (χ0v) is 18.1. The number of hydrogen-bond acceptors (Lipinski definition) is 5. The van der Waals surface area contributed by atoms with E-state index in [0.717, 1.165) is 17.9 Å². The van der Waals surface area contributed by atoms with Gasteiger partial charge in [-0.15, -0.1) is 0 Å². The van der Waals surface area contributed by atoms with Gasteiger partial charge in [0.15, 0.2) is 5.84 Å². The van der Waals surface area contributed by atoms with Crippen LogP contribution < -0.4 is 4.74 Å². The van der Waals surface area contributed by atoms with Crippen LogP contribution in [0.2, 0.25) is 5.02 Å². The molecule has 2 aromatic carbocycles. The van der Waals surface area contributed by atoms with Crippen LogP contribution in [-0.2, 0) is 11.4 Å². The highest BCUT2D eigenvalue weighted by molar-refractivity contribution is 8.26. The summed E-state index contributed by atoms with van der Waals surface area (Å²) in [5, 5.41) is 15.9. The van der Waals surface area contributed by atoms with Gasteiger partial charge in [-0.1, -0.05) is 36.7 Å². The van der Waals surface area contributed by atoms with Crippen molar-refractivity contribution < 1.29 is 13.9 Å². The fourth-order valence-electron chi connectivity index (χ4n) is 3.04. The number of hydrazone groups is 1. The number of nitrogens with one attached hydrogen (secondary N) is 1. The summed E-state index contributed by atoms with van der Waals surface area (Å²) in [5.41, 5.74) is 0.961. The molecule has 0 fully saturated rings. The van der Waals surface area contributed by atoms with E-state index in [9.17, 15) is 9.18 Å². The smallest absolute Gasteiger partial charge is 0.283 e. The van der Waals surface area contributed by atoms with Crippen LogP contribution in [0.25, 0.3) is 6.08 Å². The van der Waals surface area contributed by atoms with Crippen LogP contribution in [0, 0.1) is 11.2 Å². The summed E-state index contributed by atoms with van der Waals surface area (Å²) in [6, 6.07) is 11.2. The summed E-state index contributed by atoms with van der Waals surface area (Å²) in [6.07, 6.45) is 3.16. The molecule has 4 rings (SSSR count). The molecule has 9 heteroatoms. The molecule has 2 aromatic rings. The number of carbonyl (C=O) groups excluding carboxylic acids is 1. The van der Waals surface area contributed by atoms with Crippen molar-refractivity contribution in [3.63, 3.8) is 0 Å². The molecule has 2 heterocycles. The minimum Gasteiger partial charge on any atom is -0.488 e. The number of amides is 1. The third kappa shape index (κ3) is 4.55. The highest BCUT2D eigenvalue weighted by Gasteiger charge is 2.35. The molecule has 0 spiro atoms. The van der Waals surface area contributed by atoms with Crippen molar-refractivity contribution in [2.24, 2.45) is 10.1 Å². The van der Waals surface area contributed by atoms with E-state index in [-0.39, 0.29) is 23.8 Å². The number of ether oxygens (including phenoxy) is 1. The van der Waals surface area contributed by atoms with Gasteiger partial charge in [0.1, 0.15) is 23.2 Å². The maximum absolute atomic E-state index is 13.9. The van der Waals surface area contributed by atoms with Gasteiger partial charge in [0, 0.05) is 16.1 Å². The fraction of sp³-hybridized carbons (Fsp3) is 0.182. The van der Waals surface area contributed by atoms with Crippen molar-refractivity contribution in [1.82, 2.24) is 5.01 Å². The van der Waals surface area contributed by atoms with Gasteiger partial charge >= 0.3 is 0 Å². The Balaban J connectivity index is 1.64. The Labute approximate surface area is 188 Å². The number of rotatable bonds is 6. The predicted molar refractivity (Wildman–Crippen MR) is 122 cm³/mol. The molecule has 158 valence electrons. The second-order valence-electron chi connectivity index (χ2n) is 6.83. The summed E-state index contributed by atoms with van der Waals surface area (Å²) in [5.74, 6) is -0.554. The number of fused-ring (bicyclic) bond motifs is 1. The predicted octanol–water partition coefficient (Wildman–Crippen LogP) is 5.48. The molecule has 0 aromatic heterocycles. The molecule has 0 bridgehead atoms. The number of nitrogens with zero attached hydrogens (tertiary/aromatic N) is 3. The molecule has 0 saturated carbocycles. The third-order valence-corrected chi connectivity index (χ3v) is 5.78. The Morgan fingerprint density at radius 2 is 2.10 bits per heavy atom. The Bertz CT molecular complexity index is 1160. The lowest BCUT2D eigenvalue weighted by atomic mass is 10.1. The normalized spacial score (nSPS) is 17.0. The Morgan fingerprint density at radius 1 is 1.29 bits per heavy atom. The van der Waals surface area contributed by atoms with E-state index in [4.69, 9.17) is 21.7 Å². The molecule has 1 N–H and O–H groups in total. The molecule has 2 aliphatic rings. The molecule has 0 atom stereocenters. The van der Waals surface area contributed by atoms with E-state index in [0.29, 0.717) is 27.1 Å². The Kier molecular flexibility index (Phi) is 6.20. The van der Waals surface area contributed by atoms with Crippen molar-refractivity contribution in [2.45, 2.75) is 26.4 Å². The molecular formula is C22H18ClFN4O2S. The quantitative estimate of drug-likeness (QED) is 0.584. The highest BCUT2D eigenvalue weighted by atomic mass is 35.5. The lowest BCUT2D eigenvalue weighted by molar-refractivity contribution is -0.114. The lowest BCUT2D eigenvalue weighted by Crippen LogP contribution is -2.35. The highest BCUT2D eigenvalue weighted by Crippen LogP contribution is 2.32. The number of amidine groups is 2. The van der Waals surface area contributed by atoms with Gasteiger partial charge in [-0.3, -0.25) is 10.2 Å². The van der Waals surface area contributed by atoms with Gasteiger partial charge < -0.3 is 4.74 Å². The maximum Gasteiger partial charge on any atom is 0.283 e. The van der Waals surface area contributed by atoms with Crippen LogP contribution in [0.3, 0.4) is 0 Å². The number of benzene rings is 2. The number of carbonyl (C=O) groups is 1. The minimum absolute atomic E-state index is 0.00556. The first-order valence-electron chi connectivity index (χ1n) is 9.61. The van der Waals surface area contributed by atoms with Crippen molar-refractivity contribution in [3.8, 4) is 5.75 Å². The van der Waals surface area contributed by atoms with Crippen molar-refractivity contribution >= 4 is 51.4 Å². The maximum atomic E-state index is 13.9. The van der Waals surface area contributed by atoms with Crippen molar-refractivity contribution in [3.05, 3.63) is 70.0 Å². The summed E-state index contributed by atoms with van der Waals surface area (Å²) in [7, 11) is 0. The summed E-state index contributed by atoms with van der Waals surface area (Å²) in [6.45, 7) is 2.04. The standard InChI is InChI=1S/C22H18ClFN4O2S/c1-2-5-19-27-28-20(25)16(21(29)26-22(28)31-19)11-14-10-15(23)8-9-18(14)30-12-13-6-3-4-7-17(13)24/h3-4,6-11,25H,2,5,12H2,1H3/b16-11-,25-20?. The zero-order chi connectivity index (χ0) is 22.0. The van der Waals surface area contributed by atoms with Gasteiger partial charge in [0.2, 0.25) is 5.17 Å². The zero-order valence-electron chi connectivity index (χ0n) is 16.6. The van der Waals surface area contributed by atoms with Gasteiger partial charge in [-0.05, 0) is 54.9 Å². The molecule has 31 heavy (non-hydrogen) atoms. The SMILES string of the molecule is CCCC1=NN2C(=N)/C(=C/c3cc(Cl)ccc3OCc3ccccc3F)C(=O)N=C2S1. The Morgan fingerprint density at radius 3 is 2.87 bits per heavy atom. The van der Waals surface area contributed by atoms with Crippen LogP contribution in [0.5, 0.6) is 5.75 Å². The molecule has 0 aliphatic carbocycles. The molecule has 0 unspecified atom stereocenters. The molecular weight excluding hydrogens is 439 g/mol. The van der Waals surface area contributed by atoms with Crippen LogP contribution in [0.15, 0.2) is 58.1 Å². The molecule has 2 aliphatic heterocycles. The fourth-order valence-corrected chi connectivity index (χ4v) is 4.20. The van der Waals surface area contributed by atoms with E-state index in [2.05, 4.69) is 10.1 Å². The number of hydrogen-bond donors (Lipinski definition) is 1. The van der Waals surface area contributed by atoms with Crippen LogP contribution in [0.1, 0.15) is 30.9 Å². The number of halogens is 2. The average molecular weight is 457 g/mol. The van der Waals surface area contributed by atoms with Gasteiger partial charge in [0.25, 0.3) is 5.91 Å². The van der Waals surface area contributed by atoms with Crippen LogP contribution in [0.4, 0.5) is 4.39 Å². The minimum atomic E-state index is -0.531. The summed E-state index contributed by atoms with van der Waals surface area (Å²) >= 11 is 7.45. The van der Waals surface area contributed by atoms with E-state index >= 15 is 0 Å². The van der Waals surface area contributed by atoms with Gasteiger partial charge in [0.05, 0.1) is 5.57 Å². The second kappa shape index (κ2) is 9.03.